The lowest BCUT2D eigenvalue weighted by Gasteiger charge is -2.34. The average Bonchev–Trinajstić information content (AvgIpc) is 2.76. The van der Waals surface area contributed by atoms with Crippen molar-refractivity contribution < 1.29 is 84.5 Å². The minimum atomic E-state index is -6.56. The van der Waals surface area contributed by atoms with Crippen molar-refractivity contribution in [2.75, 3.05) is 13.2 Å². The number of alkyl halides is 16. The molecule has 0 rings (SSSR count). The van der Waals surface area contributed by atoms with E-state index >= 15 is 0 Å². The van der Waals surface area contributed by atoms with Gasteiger partial charge in [-0.3, -0.25) is 0 Å². The summed E-state index contributed by atoms with van der Waals surface area (Å²) < 4.78 is 222. The summed E-state index contributed by atoms with van der Waals surface area (Å²) in [5.41, 5.74) is 0. The predicted octanol–water partition coefficient (Wildman–Crippen LogP) is 9.44. The summed E-state index contributed by atoms with van der Waals surface area (Å²) in [6.07, 6.45) is -13.6. The van der Waals surface area contributed by atoms with Crippen LogP contribution in [0.5, 0.6) is 0 Å². The fourth-order valence-electron chi connectivity index (χ4n) is 2.65. The molecule has 0 aromatic heterocycles. The van der Waals surface area contributed by atoms with Gasteiger partial charge in [-0.25, -0.2) is 0 Å². The van der Waals surface area contributed by atoms with Gasteiger partial charge < -0.3 is 14.2 Å². The third-order valence-corrected chi connectivity index (χ3v) is 5.18. The van der Waals surface area contributed by atoms with Crippen LogP contribution in [0.15, 0.2) is 24.7 Å². The Kier molecular flexibility index (Phi) is 12.5. The molecule has 0 aromatic carbocycles. The zero-order valence-corrected chi connectivity index (χ0v) is 21.3. The summed E-state index contributed by atoms with van der Waals surface area (Å²) in [6.45, 7) is 2.86. The van der Waals surface area contributed by atoms with Gasteiger partial charge in [0.25, 0.3) is 0 Å². The van der Waals surface area contributed by atoms with Crippen molar-refractivity contribution >= 4 is 0 Å². The highest BCUT2D eigenvalue weighted by Gasteiger charge is 2.81. The maximum absolute atomic E-state index is 13.4. The Hall–Kier alpha value is -1.92. The standard InChI is InChI=1S/C22H26F16O3/c1-13(9-5-7-11-39-21(35,36)19(31,32)17(27,28)15(3,23)24)41-14(2)10-6-8-12-40-22(37,38)20(33,34)18(29,30)16(4,25)26/h1-2,5-12H2,3-4H3. The second kappa shape index (κ2) is 13.2. The zero-order valence-electron chi connectivity index (χ0n) is 21.3. The van der Waals surface area contributed by atoms with Crippen LogP contribution in [0.4, 0.5) is 70.2 Å². The van der Waals surface area contributed by atoms with E-state index in [0.717, 1.165) is 0 Å². The third kappa shape index (κ3) is 9.03. The highest BCUT2D eigenvalue weighted by molar-refractivity contribution is 5.00. The molecule has 3 nitrogen and oxygen atoms in total. The third-order valence-electron chi connectivity index (χ3n) is 5.18. The number of ether oxygens (including phenoxy) is 3. The van der Waals surface area contributed by atoms with Crippen LogP contribution in [0.1, 0.15) is 52.4 Å². The molecule has 41 heavy (non-hydrogen) atoms. The summed E-state index contributed by atoms with van der Waals surface area (Å²) in [7, 11) is 0. The second-order valence-corrected chi connectivity index (χ2v) is 8.90. The molecule has 244 valence electrons. The second-order valence-electron chi connectivity index (χ2n) is 8.90. The molecule has 0 radical (unpaired) electrons. The van der Waals surface area contributed by atoms with Crippen LogP contribution in [0, 0.1) is 0 Å². The van der Waals surface area contributed by atoms with E-state index in [-0.39, 0.29) is 37.2 Å². The number of allylic oxidation sites excluding steroid dienone is 2. The quantitative estimate of drug-likeness (QED) is 0.0753. The number of rotatable bonds is 20. The fourth-order valence-corrected chi connectivity index (χ4v) is 2.65. The SMILES string of the molecule is C=C(CCCCOC(F)(F)C(F)(F)C(F)(F)C(C)(F)F)OC(=C)CCCCOC(F)(F)C(F)(F)C(F)(F)C(C)(F)F. The monoisotopic (exact) mass is 642 g/mol. The lowest BCUT2D eigenvalue weighted by Crippen LogP contribution is -2.62. The van der Waals surface area contributed by atoms with Crippen molar-refractivity contribution in [3.05, 3.63) is 24.7 Å². The summed E-state index contributed by atoms with van der Waals surface area (Å²) in [5.74, 6) is -37.2. The predicted molar refractivity (Wildman–Crippen MR) is 110 cm³/mol. The molecule has 0 atom stereocenters. The average molecular weight is 642 g/mol. The van der Waals surface area contributed by atoms with E-state index in [2.05, 4.69) is 22.6 Å². The van der Waals surface area contributed by atoms with Crippen LogP contribution in [-0.2, 0) is 14.2 Å². The van der Waals surface area contributed by atoms with Gasteiger partial charge in [0.2, 0.25) is 0 Å². The molecule has 0 amide bonds. The largest absolute Gasteiger partial charge is 0.467 e. The molecule has 0 aliphatic rings. The number of hydrogen-bond acceptors (Lipinski definition) is 3. The van der Waals surface area contributed by atoms with E-state index in [1.54, 1.807) is 0 Å². The van der Waals surface area contributed by atoms with E-state index < -0.39 is 87.7 Å². The first-order chi connectivity index (χ1) is 18.0. The van der Waals surface area contributed by atoms with Crippen LogP contribution in [0.25, 0.3) is 0 Å². The summed E-state index contributed by atoms with van der Waals surface area (Å²) in [5, 5.41) is 0. The van der Waals surface area contributed by atoms with Crippen molar-refractivity contribution in [1.29, 1.82) is 0 Å². The van der Waals surface area contributed by atoms with Gasteiger partial charge >= 0.3 is 47.8 Å². The van der Waals surface area contributed by atoms with Crippen molar-refractivity contribution in [1.82, 2.24) is 0 Å². The minimum absolute atomic E-state index is 0.130. The molecule has 0 saturated carbocycles. The van der Waals surface area contributed by atoms with Gasteiger partial charge in [-0.15, -0.1) is 0 Å². The van der Waals surface area contributed by atoms with Crippen molar-refractivity contribution in [3.63, 3.8) is 0 Å². The van der Waals surface area contributed by atoms with Gasteiger partial charge in [0.05, 0.1) is 24.7 Å². The van der Waals surface area contributed by atoms with Crippen molar-refractivity contribution in [3.8, 4) is 0 Å². The molecule has 0 aliphatic heterocycles. The van der Waals surface area contributed by atoms with Crippen LogP contribution in [-0.4, -0.2) is 61.0 Å². The lowest BCUT2D eigenvalue weighted by molar-refractivity contribution is -0.425. The zero-order chi connectivity index (χ0) is 32.9. The molecule has 0 aliphatic carbocycles. The smallest absolute Gasteiger partial charge is 0.426 e. The molecule has 0 bridgehead atoms. The molecule has 0 spiro atoms. The van der Waals surface area contributed by atoms with Gasteiger partial charge in [-0.2, -0.15) is 70.2 Å². The molecule has 19 heteroatoms. The Balaban J connectivity index is 4.49. The molecule has 0 unspecified atom stereocenters. The number of halogens is 16. The Morgan fingerprint density at radius 2 is 0.732 bits per heavy atom. The van der Waals surface area contributed by atoms with Crippen LogP contribution >= 0.6 is 0 Å². The van der Waals surface area contributed by atoms with E-state index in [0.29, 0.717) is 0 Å². The van der Waals surface area contributed by atoms with Crippen LogP contribution in [0.3, 0.4) is 0 Å². The Labute approximate surface area is 223 Å². The maximum atomic E-state index is 13.4. The topological polar surface area (TPSA) is 27.7 Å². The Morgan fingerprint density at radius 3 is 0.976 bits per heavy atom. The first kappa shape index (κ1) is 39.1. The Morgan fingerprint density at radius 1 is 0.463 bits per heavy atom. The van der Waals surface area contributed by atoms with E-state index in [1.807, 2.05) is 0 Å². The highest BCUT2D eigenvalue weighted by Crippen LogP contribution is 2.54. The van der Waals surface area contributed by atoms with Gasteiger partial charge in [-0.1, -0.05) is 13.2 Å². The Bertz CT molecular complexity index is 805. The molecule has 0 heterocycles. The van der Waals surface area contributed by atoms with Gasteiger partial charge in [0.15, 0.2) is 0 Å². The van der Waals surface area contributed by atoms with Gasteiger partial charge in [-0.05, 0) is 25.7 Å². The first-order valence-corrected chi connectivity index (χ1v) is 11.3. The summed E-state index contributed by atoms with van der Waals surface area (Å²) >= 11 is 0. The van der Waals surface area contributed by atoms with Gasteiger partial charge in [0, 0.05) is 26.7 Å². The van der Waals surface area contributed by atoms with E-state index in [1.165, 1.54) is 0 Å². The van der Waals surface area contributed by atoms with E-state index in [9.17, 15) is 70.2 Å². The van der Waals surface area contributed by atoms with Crippen LogP contribution in [0.2, 0.25) is 0 Å². The molecular formula is C22H26F16O3. The molecule has 0 saturated heterocycles. The lowest BCUT2D eigenvalue weighted by atomic mass is 10.1. The van der Waals surface area contributed by atoms with Crippen LogP contribution < -0.4 is 0 Å². The molecule has 0 aromatic rings. The molecule has 0 N–H and O–H groups in total. The highest BCUT2D eigenvalue weighted by atomic mass is 19.4. The maximum Gasteiger partial charge on any atom is 0.426 e. The summed E-state index contributed by atoms with van der Waals surface area (Å²) in [6, 6.07) is 0. The first-order valence-electron chi connectivity index (χ1n) is 11.3. The fraction of sp³-hybridized carbons (Fsp3) is 0.818. The van der Waals surface area contributed by atoms with Gasteiger partial charge in [0.1, 0.15) is 0 Å². The molecular weight excluding hydrogens is 616 g/mol. The van der Waals surface area contributed by atoms with Crippen molar-refractivity contribution in [2.45, 2.75) is 100 Å². The number of unbranched alkanes of at least 4 members (excludes halogenated alkanes) is 2. The minimum Gasteiger partial charge on any atom is -0.467 e. The van der Waals surface area contributed by atoms with Crippen molar-refractivity contribution in [2.24, 2.45) is 0 Å². The van der Waals surface area contributed by atoms with E-state index in [4.69, 9.17) is 4.74 Å². The molecule has 0 fully saturated rings. The normalized spacial score (nSPS) is 14.8. The summed E-state index contributed by atoms with van der Waals surface area (Å²) in [4.78, 5) is 0. The number of hydrogen-bond donors (Lipinski definition) is 0.